The molecule has 4 nitrogen and oxygen atoms in total. The van der Waals surface area contributed by atoms with Gasteiger partial charge >= 0.3 is 0 Å². The first-order chi connectivity index (χ1) is 9.74. The highest BCUT2D eigenvalue weighted by molar-refractivity contribution is 5.94. The van der Waals surface area contributed by atoms with Gasteiger partial charge in [0.05, 0.1) is 19.3 Å². The number of nitrogens with two attached hydrogens (primary N) is 1. The number of nitrogens with zero attached hydrogens (tertiary/aromatic N) is 1. The molecule has 0 spiro atoms. The van der Waals surface area contributed by atoms with E-state index in [1.807, 2.05) is 29.2 Å². The van der Waals surface area contributed by atoms with Crippen molar-refractivity contribution in [3.05, 3.63) is 35.4 Å². The van der Waals surface area contributed by atoms with Crippen LogP contribution < -0.4 is 5.73 Å². The van der Waals surface area contributed by atoms with Crippen LogP contribution >= 0.6 is 0 Å². The molecular weight excluding hydrogens is 252 g/mol. The molecule has 1 aromatic rings. The second-order valence-corrected chi connectivity index (χ2v) is 4.74. The van der Waals surface area contributed by atoms with Gasteiger partial charge in [0.15, 0.2) is 0 Å². The highest BCUT2D eigenvalue weighted by Gasteiger charge is 2.23. The first-order valence-electron chi connectivity index (χ1n) is 6.94. The molecule has 106 valence electrons. The van der Waals surface area contributed by atoms with E-state index in [0.717, 1.165) is 12.0 Å². The van der Waals surface area contributed by atoms with Crippen LogP contribution in [-0.4, -0.2) is 43.2 Å². The molecule has 4 heteroatoms. The van der Waals surface area contributed by atoms with E-state index < -0.39 is 0 Å². The summed E-state index contributed by atoms with van der Waals surface area (Å²) in [6.07, 6.45) is 1.08. The van der Waals surface area contributed by atoms with Crippen LogP contribution in [0.1, 0.15) is 29.3 Å². The summed E-state index contributed by atoms with van der Waals surface area (Å²) in [5.41, 5.74) is 6.90. The van der Waals surface area contributed by atoms with Crippen molar-refractivity contribution in [2.75, 3.05) is 26.2 Å². The Morgan fingerprint density at radius 3 is 2.85 bits per heavy atom. The van der Waals surface area contributed by atoms with Crippen LogP contribution in [0.3, 0.4) is 0 Å². The predicted octanol–water partition coefficient (Wildman–Crippen LogP) is 1.25. The van der Waals surface area contributed by atoms with Crippen LogP contribution in [0.25, 0.3) is 0 Å². The number of ether oxygens (including phenoxy) is 1. The third-order valence-corrected chi connectivity index (χ3v) is 3.35. The van der Waals surface area contributed by atoms with Crippen molar-refractivity contribution < 1.29 is 9.53 Å². The summed E-state index contributed by atoms with van der Waals surface area (Å²) >= 11 is 0. The van der Waals surface area contributed by atoms with E-state index >= 15 is 0 Å². The maximum absolute atomic E-state index is 12.4. The lowest BCUT2D eigenvalue weighted by Gasteiger charge is -2.32. The van der Waals surface area contributed by atoms with Gasteiger partial charge in [-0.25, -0.2) is 0 Å². The zero-order valence-corrected chi connectivity index (χ0v) is 11.8. The van der Waals surface area contributed by atoms with Crippen LogP contribution in [0.2, 0.25) is 0 Å². The molecule has 0 bridgehead atoms. The van der Waals surface area contributed by atoms with E-state index in [9.17, 15) is 4.79 Å². The maximum atomic E-state index is 12.4. The van der Waals surface area contributed by atoms with E-state index in [-0.39, 0.29) is 12.0 Å². The number of hydrogen-bond donors (Lipinski definition) is 1. The Morgan fingerprint density at radius 1 is 1.45 bits per heavy atom. The second kappa shape index (κ2) is 7.09. The number of carbonyl (C=O) groups excluding carboxylic acids is 1. The molecule has 1 unspecified atom stereocenters. The Kier molecular flexibility index (Phi) is 5.16. The van der Waals surface area contributed by atoms with Crippen molar-refractivity contribution in [2.24, 2.45) is 5.73 Å². The fourth-order valence-electron chi connectivity index (χ4n) is 2.18. The largest absolute Gasteiger partial charge is 0.375 e. The smallest absolute Gasteiger partial charge is 0.254 e. The Bertz CT molecular complexity index is 514. The molecule has 1 aliphatic heterocycles. The fourth-order valence-corrected chi connectivity index (χ4v) is 2.18. The summed E-state index contributed by atoms with van der Waals surface area (Å²) in [6.45, 7) is 4.36. The average Bonchev–Trinajstić information content (AvgIpc) is 2.52. The van der Waals surface area contributed by atoms with Gasteiger partial charge in [0, 0.05) is 24.2 Å². The zero-order chi connectivity index (χ0) is 14.4. The van der Waals surface area contributed by atoms with Crippen molar-refractivity contribution in [1.82, 2.24) is 4.90 Å². The summed E-state index contributed by atoms with van der Waals surface area (Å²) in [5, 5.41) is 0. The number of rotatable bonds is 2. The standard InChI is InChI=1S/C16H20N2O2/c1-2-15-12-18(10-11-20-15)16(19)14-7-5-13(6-8-14)4-3-9-17/h5-8,15H,2,9-12,17H2,1H3. The molecule has 1 atom stereocenters. The molecule has 2 rings (SSSR count). The molecule has 1 fully saturated rings. The molecule has 1 heterocycles. The van der Waals surface area contributed by atoms with E-state index in [1.54, 1.807) is 0 Å². The van der Waals surface area contributed by atoms with Crippen LogP contribution in [0, 0.1) is 11.8 Å². The van der Waals surface area contributed by atoms with Crippen LogP contribution in [0.15, 0.2) is 24.3 Å². The van der Waals surface area contributed by atoms with Gasteiger partial charge in [0.25, 0.3) is 5.91 Å². The Hall–Kier alpha value is -1.83. The highest BCUT2D eigenvalue weighted by Crippen LogP contribution is 2.13. The minimum atomic E-state index is 0.0603. The van der Waals surface area contributed by atoms with Crippen LogP contribution in [-0.2, 0) is 4.74 Å². The molecule has 2 N–H and O–H groups in total. The summed E-state index contributed by atoms with van der Waals surface area (Å²) < 4.78 is 5.58. The normalized spacial score (nSPS) is 18.3. The van der Waals surface area contributed by atoms with Gasteiger partial charge < -0.3 is 15.4 Å². The monoisotopic (exact) mass is 272 g/mol. The molecule has 20 heavy (non-hydrogen) atoms. The lowest BCUT2D eigenvalue weighted by atomic mass is 10.1. The minimum Gasteiger partial charge on any atom is -0.375 e. The first kappa shape index (κ1) is 14.6. The molecule has 0 aromatic heterocycles. The minimum absolute atomic E-state index is 0.0603. The van der Waals surface area contributed by atoms with E-state index in [1.165, 1.54) is 0 Å². The van der Waals surface area contributed by atoms with Crippen LogP contribution in [0.5, 0.6) is 0 Å². The van der Waals surface area contributed by atoms with E-state index in [0.29, 0.717) is 31.8 Å². The SMILES string of the molecule is CCC1CN(C(=O)c2ccc(C#CCN)cc2)CCO1. The Morgan fingerprint density at radius 2 is 2.20 bits per heavy atom. The second-order valence-electron chi connectivity index (χ2n) is 4.74. The summed E-state index contributed by atoms with van der Waals surface area (Å²) in [6, 6.07) is 7.35. The van der Waals surface area contributed by atoms with Gasteiger partial charge in [0.1, 0.15) is 0 Å². The van der Waals surface area contributed by atoms with Gasteiger partial charge in [-0.15, -0.1) is 0 Å². The number of amides is 1. The van der Waals surface area contributed by atoms with E-state index in [2.05, 4.69) is 18.8 Å². The third kappa shape index (κ3) is 3.60. The summed E-state index contributed by atoms with van der Waals surface area (Å²) in [4.78, 5) is 14.3. The summed E-state index contributed by atoms with van der Waals surface area (Å²) in [7, 11) is 0. The molecule has 1 saturated heterocycles. The predicted molar refractivity (Wildman–Crippen MR) is 78.3 cm³/mol. The number of morpholine rings is 1. The first-order valence-corrected chi connectivity index (χ1v) is 6.94. The van der Waals surface area contributed by atoms with Crippen molar-refractivity contribution in [3.8, 4) is 11.8 Å². The molecule has 1 aromatic carbocycles. The number of hydrogen-bond acceptors (Lipinski definition) is 3. The summed E-state index contributed by atoms with van der Waals surface area (Å²) in [5.74, 6) is 5.80. The fraction of sp³-hybridized carbons (Fsp3) is 0.438. The molecule has 1 amide bonds. The van der Waals surface area contributed by atoms with Crippen molar-refractivity contribution in [3.63, 3.8) is 0 Å². The van der Waals surface area contributed by atoms with Crippen molar-refractivity contribution in [2.45, 2.75) is 19.4 Å². The number of carbonyl (C=O) groups is 1. The number of benzene rings is 1. The van der Waals surface area contributed by atoms with Crippen molar-refractivity contribution >= 4 is 5.91 Å². The van der Waals surface area contributed by atoms with E-state index in [4.69, 9.17) is 10.5 Å². The van der Waals surface area contributed by atoms with Gasteiger partial charge in [-0.3, -0.25) is 4.79 Å². The molecular formula is C16H20N2O2. The molecule has 1 aliphatic rings. The van der Waals surface area contributed by atoms with Gasteiger partial charge in [-0.05, 0) is 30.7 Å². The Balaban J connectivity index is 2.05. The van der Waals surface area contributed by atoms with Gasteiger partial charge in [0.2, 0.25) is 0 Å². The lowest BCUT2D eigenvalue weighted by molar-refractivity contribution is -0.0226. The topological polar surface area (TPSA) is 55.6 Å². The third-order valence-electron chi connectivity index (χ3n) is 3.35. The quantitative estimate of drug-likeness (QED) is 0.824. The van der Waals surface area contributed by atoms with Crippen LogP contribution in [0.4, 0.5) is 0 Å². The van der Waals surface area contributed by atoms with Crippen molar-refractivity contribution in [1.29, 1.82) is 0 Å². The maximum Gasteiger partial charge on any atom is 0.254 e. The van der Waals surface area contributed by atoms with Gasteiger partial charge in [-0.2, -0.15) is 0 Å². The Labute approximate surface area is 119 Å². The molecule has 0 aliphatic carbocycles. The molecule has 0 saturated carbocycles. The zero-order valence-electron chi connectivity index (χ0n) is 11.8. The molecule has 0 radical (unpaired) electrons. The lowest BCUT2D eigenvalue weighted by Crippen LogP contribution is -2.45. The average molecular weight is 272 g/mol. The van der Waals surface area contributed by atoms with Gasteiger partial charge in [-0.1, -0.05) is 18.8 Å². The highest BCUT2D eigenvalue weighted by atomic mass is 16.5.